The summed E-state index contributed by atoms with van der Waals surface area (Å²) in [6, 6.07) is 9.72. The Morgan fingerprint density at radius 2 is 1.43 bits per heavy atom. The van der Waals surface area contributed by atoms with E-state index in [0.29, 0.717) is 0 Å². The van der Waals surface area contributed by atoms with Crippen molar-refractivity contribution in [3.63, 3.8) is 0 Å². The largest absolute Gasteiger partial charge is 0.461 e. The van der Waals surface area contributed by atoms with E-state index < -0.39 is 0 Å². The van der Waals surface area contributed by atoms with E-state index in [1.807, 2.05) is 30.3 Å². The minimum atomic E-state index is -0.329. The molecular formula is C25H39ClO2. The van der Waals surface area contributed by atoms with Crippen LogP contribution in [0.4, 0.5) is 0 Å². The normalized spacial score (nSPS) is 12.4. The van der Waals surface area contributed by atoms with Gasteiger partial charge in [0.25, 0.3) is 0 Å². The number of hydrogen-bond acceptors (Lipinski definition) is 2. The summed E-state index contributed by atoms with van der Waals surface area (Å²) in [5.41, 5.74) is 0.985. The Morgan fingerprint density at radius 3 is 2.00 bits per heavy atom. The first-order valence-corrected chi connectivity index (χ1v) is 11.7. The first-order valence-electron chi connectivity index (χ1n) is 11.3. The van der Waals surface area contributed by atoms with E-state index in [1.54, 1.807) is 6.08 Å². The molecule has 0 aliphatic carbocycles. The van der Waals surface area contributed by atoms with Crippen LogP contribution < -0.4 is 0 Å². The van der Waals surface area contributed by atoms with Crippen LogP contribution in [0.2, 0.25) is 0 Å². The van der Waals surface area contributed by atoms with Crippen LogP contribution in [0.5, 0.6) is 0 Å². The van der Waals surface area contributed by atoms with Gasteiger partial charge in [0, 0.05) is 6.08 Å². The van der Waals surface area contributed by atoms with Crippen molar-refractivity contribution >= 4 is 23.6 Å². The van der Waals surface area contributed by atoms with Crippen LogP contribution in [0.15, 0.2) is 36.4 Å². The molecule has 158 valence electrons. The van der Waals surface area contributed by atoms with Crippen molar-refractivity contribution < 1.29 is 9.53 Å². The third-order valence-electron chi connectivity index (χ3n) is 4.99. The summed E-state index contributed by atoms with van der Waals surface area (Å²) in [6.07, 6.45) is 20.2. The number of carbonyl (C=O) groups excluding carboxylic acids is 1. The maximum absolute atomic E-state index is 11.7. The number of rotatable bonds is 17. The van der Waals surface area contributed by atoms with Crippen LogP contribution in [0.25, 0.3) is 6.08 Å². The molecule has 0 bridgehead atoms. The van der Waals surface area contributed by atoms with E-state index in [-0.39, 0.29) is 18.0 Å². The number of carbonyl (C=O) groups is 1. The first kappa shape index (κ1) is 24.8. The zero-order chi connectivity index (χ0) is 20.3. The third-order valence-corrected chi connectivity index (χ3v) is 5.33. The lowest BCUT2D eigenvalue weighted by Crippen LogP contribution is -2.12. The summed E-state index contributed by atoms with van der Waals surface area (Å²) in [4.78, 5) is 11.7. The fraction of sp³-hybridized carbons (Fsp3) is 0.640. The Balaban J connectivity index is 1.90. The Kier molecular flexibility index (Phi) is 15.7. The maximum Gasteiger partial charge on any atom is 0.330 e. The molecule has 0 saturated carbocycles. The minimum absolute atomic E-state index is 0.0859. The second kappa shape index (κ2) is 17.8. The SMILES string of the molecule is CCCCCCCCCCCCCCC(Cl)COC(=O)/C=C/c1ccccc1. The van der Waals surface area contributed by atoms with E-state index in [2.05, 4.69) is 6.92 Å². The highest BCUT2D eigenvalue weighted by molar-refractivity contribution is 6.20. The smallest absolute Gasteiger partial charge is 0.330 e. The van der Waals surface area contributed by atoms with Crippen LogP contribution >= 0.6 is 11.6 Å². The van der Waals surface area contributed by atoms with Gasteiger partial charge in [-0.2, -0.15) is 0 Å². The van der Waals surface area contributed by atoms with Crippen molar-refractivity contribution in [3.8, 4) is 0 Å². The number of benzene rings is 1. The van der Waals surface area contributed by atoms with Crippen LogP contribution in [0.1, 0.15) is 96.0 Å². The molecule has 1 aromatic carbocycles. The molecule has 0 fully saturated rings. The van der Waals surface area contributed by atoms with E-state index >= 15 is 0 Å². The van der Waals surface area contributed by atoms with Gasteiger partial charge in [0.2, 0.25) is 0 Å². The molecule has 0 heterocycles. The molecule has 1 unspecified atom stereocenters. The maximum atomic E-state index is 11.7. The van der Waals surface area contributed by atoms with Crippen molar-refractivity contribution in [2.75, 3.05) is 6.61 Å². The van der Waals surface area contributed by atoms with Gasteiger partial charge in [-0.25, -0.2) is 4.79 Å². The summed E-state index contributed by atoms with van der Waals surface area (Å²) in [6.45, 7) is 2.56. The fourth-order valence-electron chi connectivity index (χ4n) is 3.24. The molecule has 0 aliphatic heterocycles. The lowest BCUT2D eigenvalue weighted by molar-refractivity contribution is -0.137. The number of halogens is 1. The van der Waals surface area contributed by atoms with Crippen molar-refractivity contribution in [1.82, 2.24) is 0 Å². The van der Waals surface area contributed by atoms with Crippen LogP contribution in [0, 0.1) is 0 Å². The molecule has 2 nitrogen and oxygen atoms in total. The number of alkyl halides is 1. The van der Waals surface area contributed by atoms with E-state index in [1.165, 1.54) is 76.7 Å². The van der Waals surface area contributed by atoms with E-state index in [4.69, 9.17) is 16.3 Å². The Hall–Kier alpha value is -1.28. The second-order valence-electron chi connectivity index (χ2n) is 7.65. The van der Waals surface area contributed by atoms with Gasteiger partial charge in [-0.15, -0.1) is 11.6 Å². The van der Waals surface area contributed by atoms with Crippen LogP contribution in [-0.4, -0.2) is 18.0 Å². The van der Waals surface area contributed by atoms with Gasteiger partial charge in [-0.1, -0.05) is 114 Å². The van der Waals surface area contributed by atoms with Crippen molar-refractivity contribution in [1.29, 1.82) is 0 Å². The van der Waals surface area contributed by atoms with Crippen LogP contribution in [-0.2, 0) is 9.53 Å². The molecular weight excluding hydrogens is 368 g/mol. The molecule has 0 radical (unpaired) electrons. The Bertz CT molecular complexity index is 513. The molecule has 1 aromatic rings. The zero-order valence-corrected chi connectivity index (χ0v) is 18.5. The molecule has 28 heavy (non-hydrogen) atoms. The predicted octanol–water partition coefficient (Wildman–Crippen LogP) is 7.94. The van der Waals surface area contributed by atoms with Crippen molar-refractivity contribution in [3.05, 3.63) is 42.0 Å². The number of unbranched alkanes of at least 4 members (excludes halogenated alkanes) is 11. The van der Waals surface area contributed by atoms with Crippen LogP contribution in [0.3, 0.4) is 0 Å². The van der Waals surface area contributed by atoms with Gasteiger partial charge in [-0.3, -0.25) is 0 Å². The van der Waals surface area contributed by atoms with E-state index in [0.717, 1.165) is 18.4 Å². The molecule has 0 N–H and O–H groups in total. The summed E-state index contributed by atoms with van der Waals surface area (Å²) in [5.74, 6) is -0.329. The first-order chi connectivity index (χ1) is 13.7. The number of esters is 1. The second-order valence-corrected chi connectivity index (χ2v) is 8.27. The van der Waals surface area contributed by atoms with Gasteiger partial charge in [-0.05, 0) is 18.1 Å². The number of hydrogen-bond donors (Lipinski definition) is 0. The average Bonchev–Trinajstić information content (AvgIpc) is 2.72. The molecule has 0 amide bonds. The highest BCUT2D eigenvalue weighted by atomic mass is 35.5. The van der Waals surface area contributed by atoms with Crippen molar-refractivity contribution in [2.24, 2.45) is 0 Å². The summed E-state index contributed by atoms with van der Waals surface area (Å²) >= 11 is 6.27. The monoisotopic (exact) mass is 406 g/mol. The Morgan fingerprint density at radius 1 is 0.893 bits per heavy atom. The standard InChI is InChI=1S/C25H39ClO2/c1-2-3-4-5-6-7-8-9-10-11-12-16-19-24(26)22-28-25(27)21-20-23-17-14-13-15-18-23/h13-15,17-18,20-21,24H,2-12,16,19,22H2,1H3/b21-20+. The summed E-state index contributed by atoms with van der Waals surface area (Å²) in [7, 11) is 0. The molecule has 0 aliphatic rings. The van der Waals surface area contributed by atoms with Gasteiger partial charge >= 0.3 is 5.97 Å². The average molecular weight is 407 g/mol. The highest BCUT2D eigenvalue weighted by Gasteiger charge is 2.07. The zero-order valence-electron chi connectivity index (χ0n) is 17.7. The molecule has 0 spiro atoms. The van der Waals surface area contributed by atoms with Crippen molar-refractivity contribution in [2.45, 2.75) is 95.8 Å². The lowest BCUT2D eigenvalue weighted by atomic mass is 10.0. The van der Waals surface area contributed by atoms with Gasteiger partial charge in [0.1, 0.15) is 6.61 Å². The molecule has 1 atom stereocenters. The van der Waals surface area contributed by atoms with Gasteiger partial charge < -0.3 is 4.74 Å². The topological polar surface area (TPSA) is 26.3 Å². The molecule has 3 heteroatoms. The summed E-state index contributed by atoms with van der Waals surface area (Å²) < 4.78 is 5.23. The highest BCUT2D eigenvalue weighted by Crippen LogP contribution is 2.14. The number of ether oxygens (including phenoxy) is 1. The summed E-state index contributed by atoms with van der Waals surface area (Å²) in [5, 5.41) is -0.0859. The third kappa shape index (κ3) is 14.7. The molecule has 0 aromatic heterocycles. The lowest BCUT2D eigenvalue weighted by Gasteiger charge is -2.09. The molecule has 0 saturated heterocycles. The quantitative estimate of drug-likeness (QED) is 0.113. The predicted molar refractivity (Wildman–Crippen MR) is 122 cm³/mol. The molecule has 1 rings (SSSR count). The van der Waals surface area contributed by atoms with Gasteiger partial charge in [0.05, 0.1) is 5.38 Å². The Labute approximate surface area is 177 Å². The minimum Gasteiger partial charge on any atom is -0.461 e. The van der Waals surface area contributed by atoms with Gasteiger partial charge in [0.15, 0.2) is 0 Å². The van der Waals surface area contributed by atoms with E-state index in [9.17, 15) is 4.79 Å². The fourth-order valence-corrected chi connectivity index (χ4v) is 3.46.